The Morgan fingerprint density at radius 3 is 2.54 bits per heavy atom. The number of methoxy groups -OCH3 is 1. The molecule has 4 aromatic rings. The maximum Gasteiger partial charge on any atom is 0.260 e. The highest BCUT2D eigenvalue weighted by molar-refractivity contribution is 9.10. The number of aromatic nitrogens is 3. The lowest BCUT2D eigenvalue weighted by atomic mass is 9.94. The van der Waals surface area contributed by atoms with Gasteiger partial charge < -0.3 is 25.0 Å². The van der Waals surface area contributed by atoms with Crippen molar-refractivity contribution in [1.29, 1.82) is 0 Å². The van der Waals surface area contributed by atoms with Gasteiger partial charge in [-0.05, 0) is 91.5 Å². The van der Waals surface area contributed by atoms with E-state index < -0.39 is 6.04 Å². The zero-order chi connectivity index (χ0) is 34.5. The summed E-state index contributed by atoms with van der Waals surface area (Å²) >= 11 is 11.5. The maximum absolute atomic E-state index is 14.2. The number of fused-ring (bicyclic) bond motifs is 1. The SMILES string of the molecule is CCN(CC)C(=O)COc1c(Br)cc(C2C(C(=O)Nc3ccc(C)cc3C)=C(C)Nc3nc(SCc4ccccc4Cl)nn32)cc1OC. The Bertz CT molecular complexity index is 1880. The molecular weight excluding hydrogens is 716 g/mol. The Morgan fingerprint density at radius 1 is 1.10 bits per heavy atom. The first-order chi connectivity index (χ1) is 23.0. The van der Waals surface area contributed by atoms with Crippen molar-refractivity contribution in [2.75, 3.05) is 37.4 Å². The van der Waals surface area contributed by atoms with Gasteiger partial charge in [-0.3, -0.25) is 9.59 Å². The molecule has 2 heterocycles. The van der Waals surface area contributed by atoms with Crippen LogP contribution in [0.25, 0.3) is 0 Å². The molecule has 48 heavy (non-hydrogen) atoms. The van der Waals surface area contributed by atoms with Gasteiger partial charge in [-0.25, -0.2) is 4.68 Å². The third-order valence-electron chi connectivity index (χ3n) is 8.05. The van der Waals surface area contributed by atoms with E-state index in [0.29, 0.717) is 73.5 Å². The fourth-order valence-electron chi connectivity index (χ4n) is 5.54. The van der Waals surface area contributed by atoms with Crippen molar-refractivity contribution in [3.8, 4) is 11.5 Å². The lowest BCUT2D eigenvalue weighted by molar-refractivity contribution is -0.133. The van der Waals surface area contributed by atoms with E-state index in [1.807, 2.05) is 83.1 Å². The minimum absolute atomic E-state index is 0.130. The van der Waals surface area contributed by atoms with Crippen molar-refractivity contribution in [1.82, 2.24) is 19.7 Å². The number of nitrogens with zero attached hydrogens (tertiary/aromatic N) is 4. The van der Waals surface area contributed by atoms with E-state index in [9.17, 15) is 9.59 Å². The molecule has 5 rings (SSSR count). The molecule has 0 radical (unpaired) electrons. The Morgan fingerprint density at radius 2 is 1.85 bits per heavy atom. The second kappa shape index (κ2) is 15.5. The zero-order valence-corrected chi connectivity index (χ0v) is 30.8. The van der Waals surface area contributed by atoms with Crippen molar-refractivity contribution in [2.24, 2.45) is 0 Å². The van der Waals surface area contributed by atoms with E-state index in [2.05, 4.69) is 26.6 Å². The van der Waals surface area contributed by atoms with Crippen LogP contribution < -0.4 is 20.1 Å². The third kappa shape index (κ3) is 7.66. The quantitative estimate of drug-likeness (QED) is 0.141. The number of rotatable bonds is 12. The Balaban J connectivity index is 1.54. The van der Waals surface area contributed by atoms with Gasteiger partial charge in [0.2, 0.25) is 11.1 Å². The molecule has 13 heteroatoms. The molecule has 1 aliphatic heterocycles. The number of nitrogens with one attached hydrogen (secondary N) is 2. The highest BCUT2D eigenvalue weighted by Gasteiger charge is 2.36. The van der Waals surface area contributed by atoms with Crippen LogP contribution in [0.1, 0.15) is 49.1 Å². The number of ether oxygens (including phenoxy) is 2. The normalized spacial score (nSPS) is 13.9. The topological polar surface area (TPSA) is 111 Å². The molecule has 0 spiro atoms. The van der Waals surface area contributed by atoms with Gasteiger partial charge in [-0.2, -0.15) is 4.98 Å². The summed E-state index contributed by atoms with van der Waals surface area (Å²) in [5, 5.41) is 12.5. The molecule has 1 aliphatic rings. The van der Waals surface area contributed by atoms with E-state index in [-0.39, 0.29) is 18.4 Å². The average Bonchev–Trinajstić information content (AvgIpc) is 3.46. The summed E-state index contributed by atoms with van der Waals surface area (Å²) in [6.45, 7) is 10.7. The predicted molar refractivity (Wildman–Crippen MR) is 194 cm³/mol. The van der Waals surface area contributed by atoms with Crippen LogP contribution in [0, 0.1) is 13.8 Å². The van der Waals surface area contributed by atoms with Gasteiger partial charge in [0.25, 0.3) is 11.8 Å². The van der Waals surface area contributed by atoms with Crippen LogP contribution in [0.15, 0.2) is 75.5 Å². The Kier molecular flexibility index (Phi) is 11.4. The standard InChI is InChI=1S/C35H38BrClN6O4S/c1-7-42(8-2)29(44)18-47-32-25(36)16-24(17-28(32)46-6)31-30(33(45)39-27-14-13-20(3)15-21(27)4)22(5)38-34-40-35(41-43(31)34)48-19-23-11-9-10-12-26(23)37/h9-17,31H,7-8,18-19H2,1-6H3,(H,39,45)(H,38,40,41). The van der Waals surface area contributed by atoms with Crippen LogP contribution in [-0.4, -0.2) is 58.3 Å². The Hall–Kier alpha value is -4.00. The largest absolute Gasteiger partial charge is 0.493 e. The van der Waals surface area contributed by atoms with Crippen molar-refractivity contribution in [3.63, 3.8) is 0 Å². The van der Waals surface area contributed by atoms with Crippen LogP contribution in [0.4, 0.5) is 11.6 Å². The average molecular weight is 754 g/mol. The number of hydrogen-bond acceptors (Lipinski definition) is 8. The summed E-state index contributed by atoms with van der Waals surface area (Å²) in [5.41, 5.74) is 5.51. The van der Waals surface area contributed by atoms with Gasteiger partial charge in [0.1, 0.15) is 6.04 Å². The van der Waals surface area contributed by atoms with Crippen molar-refractivity contribution >= 4 is 62.7 Å². The number of benzene rings is 3. The minimum atomic E-state index is -0.689. The summed E-state index contributed by atoms with van der Waals surface area (Å²) in [4.78, 5) is 33.4. The number of carbonyl (C=O) groups is 2. The van der Waals surface area contributed by atoms with Crippen LogP contribution in [0.2, 0.25) is 5.02 Å². The summed E-state index contributed by atoms with van der Waals surface area (Å²) < 4.78 is 14.0. The summed E-state index contributed by atoms with van der Waals surface area (Å²) in [7, 11) is 1.53. The number of amides is 2. The smallest absolute Gasteiger partial charge is 0.260 e. The highest BCUT2D eigenvalue weighted by Crippen LogP contribution is 2.43. The molecule has 1 aromatic heterocycles. The van der Waals surface area contributed by atoms with Gasteiger partial charge in [0, 0.05) is 35.2 Å². The summed E-state index contributed by atoms with van der Waals surface area (Å²) in [6.07, 6.45) is 0. The Labute approximate surface area is 298 Å². The van der Waals surface area contributed by atoms with E-state index in [1.54, 1.807) is 15.6 Å². The summed E-state index contributed by atoms with van der Waals surface area (Å²) in [6, 6.07) is 16.5. The molecule has 10 nitrogen and oxygen atoms in total. The highest BCUT2D eigenvalue weighted by atomic mass is 79.9. The minimum Gasteiger partial charge on any atom is -0.493 e. The van der Waals surface area contributed by atoms with Crippen molar-refractivity contribution in [2.45, 2.75) is 51.6 Å². The molecule has 0 saturated heterocycles. The van der Waals surface area contributed by atoms with Crippen LogP contribution in [-0.2, 0) is 15.3 Å². The molecule has 2 N–H and O–H groups in total. The molecular formula is C35H38BrClN6O4S. The molecule has 3 aromatic carbocycles. The van der Waals surface area contributed by atoms with Crippen LogP contribution in [0.5, 0.6) is 11.5 Å². The first-order valence-electron chi connectivity index (χ1n) is 15.5. The maximum atomic E-state index is 14.2. The van der Waals surface area contributed by atoms with Gasteiger partial charge in [-0.15, -0.1) is 5.10 Å². The lowest BCUT2D eigenvalue weighted by Gasteiger charge is -2.29. The molecule has 1 atom stereocenters. The first-order valence-corrected chi connectivity index (χ1v) is 17.7. The second-order valence-electron chi connectivity index (χ2n) is 11.3. The van der Waals surface area contributed by atoms with E-state index in [4.69, 9.17) is 31.2 Å². The van der Waals surface area contributed by atoms with Gasteiger partial charge in [0.15, 0.2) is 18.1 Å². The van der Waals surface area contributed by atoms with Gasteiger partial charge >= 0.3 is 0 Å². The third-order valence-corrected chi connectivity index (χ3v) is 9.89. The molecule has 0 bridgehead atoms. The van der Waals surface area contributed by atoms with Crippen molar-refractivity contribution in [3.05, 3.63) is 97.6 Å². The number of halogens is 2. The zero-order valence-electron chi connectivity index (χ0n) is 27.7. The lowest BCUT2D eigenvalue weighted by Crippen LogP contribution is -2.34. The molecule has 0 saturated carbocycles. The number of carbonyl (C=O) groups excluding carboxylic acids is 2. The van der Waals surface area contributed by atoms with E-state index in [1.165, 1.54) is 18.9 Å². The summed E-state index contributed by atoms with van der Waals surface area (Å²) in [5.74, 6) is 1.41. The number of aryl methyl sites for hydroxylation is 2. The van der Waals surface area contributed by atoms with Crippen LogP contribution in [0.3, 0.4) is 0 Å². The molecule has 0 aliphatic carbocycles. The van der Waals surface area contributed by atoms with Crippen LogP contribution >= 0.6 is 39.3 Å². The predicted octanol–water partition coefficient (Wildman–Crippen LogP) is 7.79. The fourth-order valence-corrected chi connectivity index (χ4v) is 7.22. The fraction of sp³-hybridized carbons (Fsp3) is 0.314. The number of likely N-dealkylation sites (N-methyl/N-ethyl adjacent to an activating group) is 1. The number of allylic oxidation sites excluding steroid dienone is 1. The second-order valence-corrected chi connectivity index (χ2v) is 13.5. The number of anilines is 2. The van der Waals surface area contributed by atoms with E-state index in [0.717, 1.165) is 16.7 Å². The first kappa shape index (κ1) is 35.3. The van der Waals surface area contributed by atoms with Gasteiger partial charge in [0.05, 0.1) is 17.2 Å². The molecule has 1 unspecified atom stereocenters. The monoisotopic (exact) mass is 752 g/mol. The molecule has 252 valence electrons. The van der Waals surface area contributed by atoms with Crippen molar-refractivity contribution < 1.29 is 19.1 Å². The number of thioether (sulfide) groups is 1. The number of hydrogen-bond donors (Lipinski definition) is 2. The van der Waals surface area contributed by atoms with Gasteiger partial charge in [-0.1, -0.05) is 59.3 Å². The molecule has 2 amide bonds. The molecule has 0 fully saturated rings. The van der Waals surface area contributed by atoms with E-state index >= 15 is 0 Å².